The number of rotatable bonds is 4. The fourth-order valence-corrected chi connectivity index (χ4v) is 4.38. The lowest BCUT2D eigenvalue weighted by atomic mass is 10.1. The van der Waals surface area contributed by atoms with Crippen LogP contribution in [0.15, 0.2) is 59.4 Å². The highest BCUT2D eigenvalue weighted by molar-refractivity contribution is 7.22. The van der Waals surface area contributed by atoms with Gasteiger partial charge in [-0.1, -0.05) is 48.5 Å². The van der Waals surface area contributed by atoms with Gasteiger partial charge in [-0.25, -0.2) is 0 Å². The van der Waals surface area contributed by atoms with E-state index in [2.05, 4.69) is 5.32 Å². The number of pyridine rings is 1. The molecule has 0 saturated carbocycles. The average molecular weight is 378 g/mol. The molecule has 0 atom stereocenters. The molecule has 4 aromatic rings. The van der Waals surface area contributed by atoms with E-state index in [0.29, 0.717) is 16.0 Å². The van der Waals surface area contributed by atoms with Crippen molar-refractivity contribution < 1.29 is 9.53 Å². The van der Waals surface area contributed by atoms with Crippen LogP contribution in [0.2, 0.25) is 0 Å². The molecule has 5 nitrogen and oxygen atoms in total. The zero-order valence-electron chi connectivity index (χ0n) is 15.0. The molecule has 136 valence electrons. The highest BCUT2D eigenvalue weighted by Crippen LogP contribution is 2.39. The maximum atomic E-state index is 13.1. The third-order valence-electron chi connectivity index (χ3n) is 4.55. The van der Waals surface area contributed by atoms with Crippen molar-refractivity contribution in [3.63, 3.8) is 0 Å². The predicted octanol–water partition coefficient (Wildman–Crippen LogP) is 3.69. The number of carbonyl (C=O) groups excluding carboxylic acids is 1. The molecule has 0 unspecified atom stereocenters. The summed E-state index contributed by atoms with van der Waals surface area (Å²) < 4.78 is 8.40. The molecule has 1 N–H and O–H groups in total. The van der Waals surface area contributed by atoms with Crippen molar-refractivity contribution in [3.8, 4) is 5.75 Å². The molecule has 0 radical (unpaired) electrons. The largest absolute Gasteiger partial charge is 0.486 e. The highest BCUT2D eigenvalue weighted by Gasteiger charge is 2.24. The first kappa shape index (κ1) is 17.3. The van der Waals surface area contributed by atoms with E-state index in [1.54, 1.807) is 18.7 Å². The molecule has 0 fully saturated rings. The molecule has 1 amide bonds. The second kappa shape index (κ2) is 6.89. The topological polar surface area (TPSA) is 60.3 Å². The Hall–Kier alpha value is -3.12. The van der Waals surface area contributed by atoms with Crippen LogP contribution in [-0.2, 0) is 13.7 Å². The summed E-state index contributed by atoms with van der Waals surface area (Å²) in [5.74, 6) is 0.0925. The number of amides is 1. The van der Waals surface area contributed by atoms with Gasteiger partial charge in [0.2, 0.25) is 0 Å². The highest BCUT2D eigenvalue weighted by atomic mass is 32.1. The van der Waals surface area contributed by atoms with Crippen LogP contribution in [0.3, 0.4) is 0 Å². The maximum absolute atomic E-state index is 13.1. The molecule has 0 aliphatic carbocycles. The predicted molar refractivity (Wildman–Crippen MR) is 109 cm³/mol. The molecule has 0 bridgehead atoms. The Bertz CT molecular complexity index is 1210. The van der Waals surface area contributed by atoms with Gasteiger partial charge in [-0.2, -0.15) is 0 Å². The molecular formula is C21H18N2O3S. The number of para-hydroxylation sites is 1. The number of carbonyl (C=O) groups is 1. The summed E-state index contributed by atoms with van der Waals surface area (Å²) in [5, 5.41) is 4.03. The normalized spacial score (nSPS) is 11.0. The Morgan fingerprint density at radius 3 is 2.56 bits per heavy atom. The van der Waals surface area contributed by atoms with Gasteiger partial charge in [0, 0.05) is 19.5 Å². The molecule has 2 aromatic heterocycles. The smallest absolute Gasteiger partial charge is 0.264 e. The Morgan fingerprint density at radius 2 is 1.81 bits per heavy atom. The van der Waals surface area contributed by atoms with Crippen molar-refractivity contribution in [1.29, 1.82) is 0 Å². The van der Waals surface area contributed by atoms with Crippen LogP contribution in [0, 0.1) is 0 Å². The first-order valence-corrected chi connectivity index (χ1v) is 9.36. The van der Waals surface area contributed by atoms with Crippen LogP contribution in [-0.4, -0.2) is 17.5 Å². The van der Waals surface area contributed by atoms with E-state index in [0.717, 1.165) is 21.2 Å². The minimum Gasteiger partial charge on any atom is -0.486 e. The molecule has 2 aromatic carbocycles. The summed E-state index contributed by atoms with van der Waals surface area (Å²) in [6.07, 6.45) is 0. The van der Waals surface area contributed by atoms with E-state index in [1.165, 1.54) is 11.3 Å². The summed E-state index contributed by atoms with van der Waals surface area (Å²) in [6, 6.07) is 17.4. The third kappa shape index (κ3) is 2.88. The van der Waals surface area contributed by atoms with E-state index < -0.39 is 0 Å². The number of aryl methyl sites for hydroxylation is 1. The first-order valence-electron chi connectivity index (χ1n) is 8.55. The number of thiophene rings is 1. The van der Waals surface area contributed by atoms with Crippen molar-refractivity contribution in [1.82, 2.24) is 9.88 Å². The fourth-order valence-electron chi connectivity index (χ4n) is 3.17. The lowest BCUT2D eigenvalue weighted by Crippen LogP contribution is -2.19. The lowest BCUT2D eigenvalue weighted by Gasteiger charge is -2.09. The number of aromatic nitrogens is 1. The summed E-state index contributed by atoms with van der Waals surface area (Å²) in [5.41, 5.74) is 1.63. The summed E-state index contributed by atoms with van der Waals surface area (Å²) >= 11 is 1.29. The molecule has 0 aliphatic rings. The number of hydrogen-bond acceptors (Lipinski definition) is 4. The van der Waals surface area contributed by atoms with Crippen LogP contribution in [0.1, 0.15) is 15.2 Å². The number of nitrogens with one attached hydrogen (secondary N) is 1. The van der Waals surface area contributed by atoms with Crippen LogP contribution in [0.25, 0.3) is 21.0 Å². The Labute approximate surface area is 159 Å². The van der Waals surface area contributed by atoms with Gasteiger partial charge in [0.25, 0.3) is 11.5 Å². The average Bonchev–Trinajstić information content (AvgIpc) is 3.10. The van der Waals surface area contributed by atoms with E-state index in [9.17, 15) is 9.59 Å². The van der Waals surface area contributed by atoms with Gasteiger partial charge < -0.3 is 14.6 Å². The molecule has 0 spiro atoms. The van der Waals surface area contributed by atoms with Gasteiger partial charge in [-0.05, 0) is 11.6 Å². The van der Waals surface area contributed by atoms with Crippen LogP contribution < -0.4 is 15.6 Å². The number of nitrogens with zero attached hydrogens (tertiary/aromatic N) is 1. The minimum atomic E-state index is -0.259. The molecule has 0 aliphatic heterocycles. The SMILES string of the molecule is CNC(=O)c1sc2c(c1OCc1ccccc1)c(=O)n(C)c1ccccc21. The Kier molecular flexibility index (Phi) is 4.41. The van der Waals surface area contributed by atoms with Crippen molar-refractivity contribution in [2.75, 3.05) is 7.05 Å². The van der Waals surface area contributed by atoms with Crippen LogP contribution in [0.5, 0.6) is 5.75 Å². The molecular weight excluding hydrogens is 360 g/mol. The molecule has 0 saturated heterocycles. The fraction of sp³-hybridized carbons (Fsp3) is 0.143. The number of fused-ring (bicyclic) bond motifs is 3. The summed E-state index contributed by atoms with van der Waals surface area (Å²) in [7, 11) is 3.31. The molecule has 6 heteroatoms. The molecule has 4 rings (SSSR count). The van der Waals surface area contributed by atoms with Gasteiger partial charge in [0.05, 0.1) is 10.2 Å². The second-order valence-corrected chi connectivity index (χ2v) is 7.22. The van der Waals surface area contributed by atoms with E-state index in [4.69, 9.17) is 4.74 Å². The number of benzene rings is 2. The van der Waals surface area contributed by atoms with Crippen LogP contribution >= 0.6 is 11.3 Å². The van der Waals surface area contributed by atoms with Crippen molar-refractivity contribution >= 4 is 38.2 Å². The van der Waals surface area contributed by atoms with Crippen molar-refractivity contribution in [2.45, 2.75) is 6.61 Å². The monoisotopic (exact) mass is 378 g/mol. The zero-order chi connectivity index (χ0) is 19.0. The van der Waals surface area contributed by atoms with Crippen molar-refractivity contribution in [2.24, 2.45) is 7.05 Å². The lowest BCUT2D eigenvalue weighted by molar-refractivity contribution is 0.0963. The second-order valence-electron chi connectivity index (χ2n) is 6.20. The maximum Gasteiger partial charge on any atom is 0.264 e. The standard InChI is InChI=1S/C21H18N2O3S/c1-22-20(24)19-17(26-12-13-8-4-3-5-9-13)16-18(27-19)14-10-6-7-11-15(14)23(2)21(16)25/h3-11H,12H2,1-2H3,(H,22,24). The van der Waals surface area contributed by atoms with Gasteiger partial charge in [0.15, 0.2) is 5.75 Å². The minimum absolute atomic E-state index is 0.168. The van der Waals surface area contributed by atoms with E-state index in [1.807, 2.05) is 54.6 Å². The molecule has 27 heavy (non-hydrogen) atoms. The van der Waals surface area contributed by atoms with Crippen molar-refractivity contribution in [3.05, 3.63) is 75.4 Å². The van der Waals surface area contributed by atoms with E-state index >= 15 is 0 Å². The van der Waals surface area contributed by atoms with Gasteiger partial charge in [-0.15, -0.1) is 11.3 Å². The summed E-state index contributed by atoms with van der Waals surface area (Å²) in [4.78, 5) is 25.9. The zero-order valence-corrected chi connectivity index (χ0v) is 15.8. The van der Waals surface area contributed by atoms with E-state index in [-0.39, 0.29) is 18.1 Å². The Balaban J connectivity index is 1.97. The molecule has 2 heterocycles. The van der Waals surface area contributed by atoms with Gasteiger partial charge >= 0.3 is 0 Å². The summed E-state index contributed by atoms with van der Waals surface area (Å²) in [6.45, 7) is 0.284. The first-order chi connectivity index (χ1) is 13.1. The van der Waals surface area contributed by atoms with Gasteiger partial charge in [0.1, 0.15) is 16.9 Å². The number of ether oxygens (including phenoxy) is 1. The Morgan fingerprint density at radius 1 is 1.11 bits per heavy atom. The number of hydrogen-bond donors (Lipinski definition) is 1. The van der Waals surface area contributed by atoms with Crippen LogP contribution in [0.4, 0.5) is 0 Å². The quantitative estimate of drug-likeness (QED) is 0.589. The third-order valence-corrected chi connectivity index (χ3v) is 5.76. The van der Waals surface area contributed by atoms with Gasteiger partial charge in [-0.3, -0.25) is 9.59 Å².